The Kier molecular flexibility index (Phi) is 4.95. The van der Waals surface area contributed by atoms with Gasteiger partial charge in [0.05, 0.1) is 25.9 Å². The fraction of sp³-hybridized carbons (Fsp3) is 0.364. The largest absolute Gasteiger partial charge is 0.497 e. The van der Waals surface area contributed by atoms with Gasteiger partial charge in [-0.25, -0.2) is 9.36 Å². The summed E-state index contributed by atoms with van der Waals surface area (Å²) in [6.45, 7) is 6.69. The summed E-state index contributed by atoms with van der Waals surface area (Å²) in [5, 5.41) is 0. The zero-order valence-corrected chi connectivity index (χ0v) is 19.1. The summed E-state index contributed by atoms with van der Waals surface area (Å²) >= 11 is 0. The number of hydrogen-bond donors (Lipinski definition) is 0. The first-order valence-corrected chi connectivity index (χ1v) is 10.1. The first-order valence-electron chi connectivity index (χ1n) is 10.1. The van der Waals surface area contributed by atoms with Gasteiger partial charge in [-0.3, -0.25) is 23.1 Å². The van der Waals surface area contributed by atoms with Crippen LogP contribution in [0.4, 0.5) is 0 Å². The molecule has 0 unspecified atom stereocenters. The van der Waals surface area contributed by atoms with Gasteiger partial charge in [-0.15, -0.1) is 0 Å². The van der Waals surface area contributed by atoms with Gasteiger partial charge in [-0.2, -0.15) is 4.98 Å². The molecule has 0 spiro atoms. The van der Waals surface area contributed by atoms with Gasteiger partial charge in [0, 0.05) is 24.5 Å². The van der Waals surface area contributed by atoms with Crippen molar-refractivity contribution in [1.82, 2.24) is 23.1 Å². The number of aryl methyl sites for hydroxylation is 2. The number of rotatable bonds is 5. The van der Waals surface area contributed by atoms with Crippen LogP contribution >= 0.6 is 0 Å². The van der Waals surface area contributed by atoms with E-state index in [9.17, 15) is 14.4 Å². The van der Waals surface area contributed by atoms with Gasteiger partial charge < -0.3 is 9.47 Å². The van der Waals surface area contributed by atoms with Crippen LogP contribution in [0, 0.1) is 13.8 Å². The third-order valence-corrected chi connectivity index (χ3v) is 6.07. The predicted octanol–water partition coefficient (Wildman–Crippen LogP) is 1.92. The maximum atomic E-state index is 13.4. The predicted molar refractivity (Wildman–Crippen MR) is 119 cm³/mol. The van der Waals surface area contributed by atoms with E-state index >= 15 is 0 Å². The summed E-state index contributed by atoms with van der Waals surface area (Å²) in [4.78, 5) is 43.0. The molecule has 32 heavy (non-hydrogen) atoms. The molecule has 0 bridgehead atoms. The number of carbonyl (C=O) groups excluding carboxylic acids is 1. The number of ether oxygens (including phenoxy) is 2. The fourth-order valence-electron chi connectivity index (χ4n) is 4.00. The van der Waals surface area contributed by atoms with E-state index in [2.05, 4.69) is 4.98 Å². The number of carbonyl (C=O) groups is 1. The number of ketones is 1. The molecule has 0 radical (unpaired) electrons. The van der Waals surface area contributed by atoms with Crippen molar-refractivity contribution < 1.29 is 14.3 Å². The van der Waals surface area contributed by atoms with Crippen molar-refractivity contribution in [1.29, 1.82) is 0 Å². The van der Waals surface area contributed by atoms with Crippen LogP contribution in [0.2, 0.25) is 0 Å². The van der Waals surface area contributed by atoms with Crippen LogP contribution < -0.4 is 20.7 Å². The van der Waals surface area contributed by atoms with Crippen LogP contribution in [0.5, 0.6) is 11.5 Å². The van der Waals surface area contributed by atoms with Crippen molar-refractivity contribution in [2.24, 2.45) is 7.05 Å². The van der Waals surface area contributed by atoms with E-state index in [0.717, 1.165) is 16.0 Å². The van der Waals surface area contributed by atoms with Gasteiger partial charge in [0.2, 0.25) is 5.78 Å². The molecule has 10 nitrogen and oxygen atoms in total. The van der Waals surface area contributed by atoms with Crippen LogP contribution in [0.1, 0.15) is 31.3 Å². The highest BCUT2D eigenvalue weighted by molar-refractivity contribution is 5.81. The summed E-state index contributed by atoms with van der Waals surface area (Å²) in [5.41, 5.74) is 1.67. The molecule has 1 aromatic carbocycles. The molecule has 0 saturated carbocycles. The minimum absolute atomic E-state index is 0.238. The molecule has 0 amide bonds. The quantitative estimate of drug-likeness (QED) is 0.471. The molecule has 0 aliphatic heterocycles. The van der Waals surface area contributed by atoms with E-state index in [0.29, 0.717) is 23.0 Å². The third-order valence-electron chi connectivity index (χ3n) is 6.07. The number of Topliss-reactive ketones (excluding diaryl/α,β-unsaturated/α-hetero) is 1. The van der Waals surface area contributed by atoms with Crippen molar-refractivity contribution >= 4 is 22.7 Å². The van der Waals surface area contributed by atoms with E-state index in [1.807, 2.05) is 30.5 Å². The van der Waals surface area contributed by atoms with Crippen molar-refractivity contribution in [3.05, 3.63) is 50.4 Å². The molecular formula is C22H25N5O5. The lowest BCUT2D eigenvalue weighted by Gasteiger charge is -2.13. The van der Waals surface area contributed by atoms with E-state index in [1.165, 1.54) is 11.5 Å². The molecule has 3 aromatic heterocycles. The van der Waals surface area contributed by atoms with Crippen LogP contribution in [-0.2, 0) is 11.8 Å². The lowest BCUT2D eigenvalue weighted by Crippen LogP contribution is -2.42. The molecule has 10 heteroatoms. The molecule has 0 aliphatic rings. The highest BCUT2D eigenvalue weighted by atomic mass is 16.5. The monoisotopic (exact) mass is 439 g/mol. The molecule has 0 fully saturated rings. The normalized spacial score (nSPS) is 12.5. The van der Waals surface area contributed by atoms with Crippen molar-refractivity contribution in [3.63, 3.8) is 0 Å². The average molecular weight is 439 g/mol. The third kappa shape index (κ3) is 2.79. The van der Waals surface area contributed by atoms with Gasteiger partial charge in [0.15, 0.2) is 16.9 Å². The first kappa shape index (κ1) is 21.4. The maximum absolute atomic E-state index is 13.4. The van der Waals surface area contributed by atoms with E-state index in [4.69, 9.17) is 9.47 Å². The van der Waals surface area contributed by atoms with Crippen LogP contribution in [0.3, 0.4) is 0 Å². The van der Waals surface area contributed by atoms with E-state index in [-0.39, 0.29) is 16.9 Å². The maximum Gasteiger partial charge on any atom is 0.333 e. The molecule has 0 saturated heterocycles. The number of fused-ring (bicyclic) bond motifs is 3. The molecule has 3 heterocycles. The minimum atomic E-state index is -0.888. The van der Waals surface area contributed by atoms with Gasteiger partial charge in [0.1, 0.15) is 11.5 Å². The molecular weight excluding hydrogens is 414 g/mol. The van der Waals surface area contributed by atoms with E-state index in [1.54, 1.807) is 38.7 Å². The highest BCUT2D eigenvalue weighted by Crippen LogP contribution is 2.32. The Morgan fingerprint density at radius 3 is 2.38 bits per heavy atom. The Balaban J connectivity index is 2.17. The molecule has 0 aliphatic carbocycles. The molecule has 0 N–H and O–H groups in total. The number of benzene rings is 1. The number of hydrogen-bond acceptors (Lipinski definition) is 6. The van der Waals surface area contributed by atoms with Gasteiger partial charge in [0.25, 0.3) is 5.56 Å². The summed E-state index contributed by atoms with van der Waals surface area (Å²) in [6.07, 6.45) is 0. The first-order chi connectivity index (χ1) is 15.1. The zero-order valence-electron chi connectivity index (χ0n) is 19.1. The number of aromatic nitrogens is 5. The number of methoxy groups -OCH3 is 2. The Morgan fingerprint density at radius 1 is 1.09 bits per heavy atom. The molecule has 168 valence electrons. The Hall–Kier alpha value is -3.82. The van der Waals surface area contributed by atoms with E-state index < -0.39 is 17.3 Å². The fourth-order valence-corrected chi connectivity index (χ4v) is 4.00. The van der Waals surface area contributed by atoms with Crippen LogP contribution in [0.15, 0.2) is 27.8 Å². The smallest absolute Gasteiger partial charge is 0.333 e. The average Bonchev–Trinajstić information content (AvgIpc) is 3.27. The molecule has 4 aromatic rings. The van der Waals surface area contributed by atoms with Crippen molar-refractivity contribution in [2.75, 3.05) is 14.2 Å². The highest BCUT2D eigenvalue weighted by Gasteiger charge is 2.26. The summed E-state index contributed by atoms with van der Waals surface area (Å²) < 4.78 is 16.8. The summed E-state index contributed by atoms with van der Waals surface area (Å²) in [7, 11) is 4.68. The summed E-state index contributed by atoms with van der Waals surface area (Å²) in [6, 6.07) is 4.53. The van der Waals surface area contributed by atoms with Gasteiger partial charge >= 0.3 is 5.69 Å². The van der Waals surface area contributed by atoms with Crippen molar-refractivity contribution in [2.45, 2.75) is 33.7 Å². The van der Waals surface area contributed by atoms with Crippen LogP contribution in [-0.4, -0.2) is 43.1 Å². The van der Waals surface area contributed by atoms with Gasteiger partial charge in [-0.05, 0) is 39.8 Å². The molecule has 1 atom stereocenters. The van der Waals surface area contributed by atoms with Crippen LogP contribution in [0.25, 0.3) is 22.6 Å². The Labute approximate surface area is 183 Å². The second kappa shape index (κ2) is 7.40. The lowest BCUT2D eigenvalue weighted by molar-refractivity contribution is -0.119. The zero-order chi connectivity index (χ0) is 23.5. The second-order valence-electron chi connectivity index (χ2n) is 7.77. The topological polar surface area (TPSA) is 102 Å². The lowest BCUT2D eigenvalue weighted by atomic mass is 10.2. The number of imidazole rings is 2. The Morgan fingerprint density at radius 2 is 1.78 bits per heavy atom. The molecule has 4 rings (SSSR count). The second-order valence-corrected chi connectivity index (χ2v) is 7.77. The Bertz CT molecular complexity index is 1520. The van der Waals surface area contributed by atoms with Gasteiger partial charge in [-0.1, -0.05) is 0 Å². The number of nitrogens with zero attached hydrogens (tertiary/aromatic N) is 5. The minimum Gasteiger partial charge on any atom is -0.497 e. The SMILES string of the molecule is COc1ccc(-n2c(C)c(C)n3c4c(=O)n([C@H](C)C(C)=O)c(=O)n(C)c4nc23)c(OC)c1. The summed E-state index contributed by atoms with van der Waals surface area (Å²) in [5.74, 6) is 1.38. The van der Waals surface area contributed by atoms with Crippen molar-refractivity contribution in [3.8, 4) is 17.2 Å². The standard InChI is InChI=1S/C22H25N5O5/c1-11-12(2)26-18-19(24(5)22(30)27(20(18)29)13(3)14(4)28)23-21(26)25(11)16-9-8-15(31-6)10-17(16)32-7/h8-10,13H,1-7H3/t13-/m1/s1.